The molecule has 0 aliphatic heterocycles. The van der Waals surface area contributed by atoms with Crippen molar-refractivity contribution in [3.05, 3.63) is 52.1 Å². The smallest absolute Gasteiger partial charge is 0.306 e. The monoisotopic (exact) mass is 619 g/mol. The van der Waals surface area contributed by atoms with E-state index in [0.717, 1.165) is 111 Å². The molecular weight excluding hydrogens is 558 g/mol. The molecule has 0 fully saturated rings. The minimum atomic E-state index is -0.125. The quantitative estimate of drug-likeness (QED) is 0.0894. The summed E-state index contributed by atoms with van der Waals surface area (Å²) in [5.41, 5.74) is 7.52. The molecule has 0 saturated heterocycles. The first-order valence-corrected chi connectivity index (χ1v) is 18.2. The normalized spacial score (nSPS) is 12.3. The second-order valence-corrected chi connectivity index (χ2v) is 13.3. The van der Waals surface area contributed by atoms with Crippen LogP contribution in [0, 0.1) is 5.92 Å². The minimum Gasteiger partial charge on any atom is -0.507 e. The number of rotatable bonds is 22. The Morgan fingerprint density at radius 2 is 1.33 bits per heavy atom. The maximum absolute atomic E-state index is 13.2. The molecule has 2 aromatic carbocycles. The van der Waals surface area contributed by atoms with Crippen LogP contribution in [0.3, 0.4) is 0 Å². The number of aromatic nitrogens is 3. The van der Waals surface area contributed by atoms with E-state index in [9.17, 15) is 9.90 Å². The third kappa shape index (κ3) is 10.6. The Hall–Kier alpha value is -2.89. The van der Waals surface area contributed by atoms with Gasteiger partial charge >= 0.3 is 5.97 Å². The summed E-state index contributed by atoms with van der Waals surface area (Å²) in [6.45, 7) is 13.8. The topological polar surface area (TPSA) is 77.2 Å². The second-order valence-electron chi connectivity index (χ2n) is 13.3. The van der Waals surface area contributed by atoms with Gasteiger partial charge in [0.05, 0.1) is 12.6 Å². The highest BCUT2D eigenvalue weighted by Gasteiger charge is 2.30. The molecule has 0 saturated carbocycles. The summed E-state index contributed by atoms with van der Waals surface area (Å²) in [5, 5.41) is 22.0. The van der Waals surface area contributed by atoms with Gasteiger partial charge in [-0.15, -0.1) is 0 Å². The van der Waals surface area contributed by atoms with Crippen molar-refractivity contribution in [2.75, 3.05) is 6.61 Å². The number of esters is 1. The first-order chi connectivity index (χ1) is 21.9. The van der Waals surface area contributed by atoms with Gasteiger partial charge in [-0.05, 0) is 104 Å². The Balaban J connectivity index is 2.10. The Morgan fingerprint density at radius 1 is 0.733 bits per heavy atom. The van der Waals surface area contributed by atoms with Gasteiger partial charge in [0.2, 0.25) is 0 Å². The molecule has 0 spiro atoms. The van der Waals surface area contributed by atoms with Gasteiger partial charge in [0.15, 0.2) is 0 Å². The average molecular weight is 620 g/mol. The van der Waals surface area contributed by atoms with Crippen LogP contribution in [-0.4, -0.2) is 32.7 Å². The summed E-state index contributed by atoms with van der Waals surface area (Å²) in [6, 6.07) is 7.91. The first-order valence-electron chi connectivity index (χ1n) is 18.2. The zero-order valence-corrected chi connectivity index (χ0v) is 29.3. The summed E-state index contributed by atoms with van der Waals surface area (Å²) in [7, 11) is 0. The van der Waals surface area contributed by atoms with Crippen molar-refractivity contribution in [2.45, 2.75) is 157 Å². The number of carbonyl (C=O) groups is 1. The van der Waals surface area contributed by atoms with Gasteiger partial charge in [-0.1, -0.05) is 98.6 Å². The van der Waals surface area contributed by atoms with Crippen molar-refractivity contribution in [3.8, 4) is 5.75 Å². The number of benzene rings is 2. The molecule has 250 valence electrons. The van der Waals surface area contributed by atoms with Crippen LogP contribution in [-0.2, 0) is 35.2 Å². The number of nitrogens with zero attached hydrogens (tertiary/aromatic N) is 3. The fourth-order valence-corrected chi connectivity index (χ4v) is 6.53. The zero-order chi connectivity index (χ0) is 32.6. The van der Waals surface area contributed by atoms with E-state index in [-0.39, 0.29) is 12.0 Å². The van der Waals surface area contributed by atoms with E-state index in [0.29, 0.717) is 31.1 Å². The SMILES string of the molecule is CCCCc1c(O)c(CCCC)c(C(CCC)n2nc3ccccc3n2)c(CCC(=O)OCCCCCC(C)C)c1CCCC. The lowest BCUT2D eigenvalue weighted by molar-refractivity contribution is -0.143. The first kappa shape index (κ1) is 36.6. The fourth-order valence-electron chi connectivity index (χ4n) is 6.53. The Morgan fingerprint density at radius 3 is 1.91 bits per heavy atom. The van der Waals surface area contributed by atoms with Crippen LogP contribution in [0.4, 0.5) is 0 Å². The third-order valence-electron chi connectivity index (χ3n) is 9.04. The molecule has 6 nitrogen and oxygen atoms in total. The van der Waals surface area contributed by atoms with Crippen LogP contribution in [0.1, 0.15) is 159 Å². The Labute approximate surface area is 273 Å². The van der Waals surface area contributed by atoms with Crippen LogP contribution in [0.2, 0.25) is 0 Å². The molecule has 0 bridgehead atoms. The number of fused-ring (bicyclic) bond motifs is 1. The van der Waals surface area contributed by atoms with E-state index < -0.39 is 0 Å². The van der Waals surface area contributed by atoms with Crippen molar-refractivity contribution >= 4 is 17.0 Å². The lowest BCUT2D eigenvalue weighted by Gasteiger charge is -2.29. The molecule has 0 aliphatic carbocycles. The summed E-state index contributed by atoms with van der Waals surface area (Å²) in [6.07, 6.45) is 16.0. The van der Waals surface area contributed by atoms with E-state index in [1.165, 1.54) is 24.0 Å². The zero-order valence-electron chi connectivity index (χ0n) is 29.3. The summed E-state index contributed by atoms with van der Waals surface area (Å²) in [5.74, 6) is 1.06. The molecule has 1 heterocycles. The molecule has 3 rings (SSSR count). The van der Waals surface area contributed by atoms with Gasteiger partial charge in [-0.2, -0.15) is 15.0 Å². The second kappa shape index (κ2) is 19.6. The molecular formula is C39H61N3O3. The highest BCUT2D eigenvalue weighted by atomic mass is 16.5. The minimum absolute atomic E-state index is 0.118. The predicted molar refractivity (Wildman–Crippen MR) is 187 cm³/mol. The predicted octanol–water partition coefficient (Wildman–Crippen LogP) is 10.2. The van der Waals surface area contributed by atoms with Crippen molar-refractivity contribution < 1.29 is 14.6 Å². The van der Waals surface area contributed by atoms with Gasteiger partial charge in [0.25, 0.3) is 0 Å². The number of carbonyl (C=O) groups excluding carboxylic acids is 1. The Kier molecular flexibility index (Phi) is 15.9. The van der Waals surface area contributed by atoms with Crippen molar-refractivity contribution in [1.29, 1.82) is 0 Å². The van der Waals surface area contributed by atoms with Crippen molar-refractivity contribution in [3.63, 3.8) is 0 Å². The molecule has 1 N–H and O–H groups in total. The van der Waals surface area contributed by atoms with Crippen LogP contribution < -0.4 is 0 Å². The van der Waals surface area contributed by atoms with E-state index >= 15 is 0 Å². The van der Waals surface area contributed by atoms with Gasteiger partial charge in [-0.3, -0.25) is 4.79 Å². The standard InChI is InChI=1S/C39H61N3O3/c1-7-11-21-30-31(26-27-37(43)45-28-18-14-15-20-29(5)6)38(33(23-13-9-3)39(44)32(30)22-12-8-2)36(19-10-4)42-40-34-24-16-17-25-35(34)41-42/h16-17,24-25,29,36,44H,7-15,18-23,26-28H2,1-6H3. The van der Waals surface area contributed by atoms with Gasteiger partial charge < -0.3 is 9.84 Å². The maximum Gasteiger partial charge on any atom is 0.306 e. The number of phenolic OH excluding ortho intramolecular Hbond substituents is 1. The largest absolute Gasteiger partial charge is 0.507 e. The molecule has 45 heavy (non-hydrogen) atoms. The lowest BCUT2D eigenvalue weighted by atomic mass is 9.80. The number of ether oxygens (including phenoxy) is 1. The van der Waals surface area contributed by atoms with Gasteiger partial charge in [-0.25, -0.2) is 0 Å². The van der Waals surface area contributed by atoms with E-state index in [1.54, 1.807) is 0 Å². The van der Waals surface area contributed by atoms with Crippen LogP contribution in [0.15, 0.2) is 24.3 Å². The molecule has 0 radical (unpaired) electrons. The summed E-state index contributed by atoms with van der Waals surface area (Å²) >= 11 is 0. The van der Waals surface area contributed by atoms with Gasteiger partial charge in [0, 0.05) is 6.42 Å². The highest BCUT2D eigenvalue weighted by molar-refractivity contribution is 5.73. The number of hydrogen-bond donors (Lipinski definition) is 1. The van der Waals surface area contributed by atoms with Crippen LogP contribution >= 0.6 is 0 Å². The van der Waals surface area contributed by atoms with E-state index in [1.807, 2.05) is 29.1 Å². The number of phenols is 1. The average Bonchev–Trinajstić information content (AvgIpc) is 3.46. The summed E-state index contributed by atoms with van der Waals surface area (Å²) < 4.78 is 5.76. The molecule has 1 atom stereocenters. The molecule has 0 amide bonds. The van der Waals surface area contributed by atoms with E-state index in [2.05, 4.69) is 41.5 Å². The molecule has 1 unspecified atom stereocenters. The third-order valence-corrected chi connectivity index (χ3v) is 9.04. The molecule has 6 heteroatoms. The molecule has 3 aromatic rings. The maximum atomic E-state index is 13.2. The van der Waals surface area contributed by atoms with Crippen molar-refractivity contribution in [1.82, 2.24) is 15.0 Å². The fraction of sp³-hybridized carbons (Fsp3) is 0.667. The van der Waals surface area contributed by atoms with Gasteiger partial charge in [0.1, 0.15) is 16.8 Å². The Bertz CT molecular complexity index is 1280. The summed E-state index contributed by atoms with van der Waals surface area (Å²) in [4.78, 5) is 15.1. The van der Waals surface area contributed by atoms with Crippen molar-refractivity contribution in [2.24, 2.45) is 5.92 Å². The highest BCUT2D eigenvalue weighted by Crippen LogP contribution is 2.42. The lowest BCUT2D eigenvalue weighted by Crippen LogP contribution is -2.21. The van der Waals surface area contributed by atoms with Crippen LogP contribution in [0.25, 0.3) is 11.0 Å². The van der Waals surface area contributed by atoms with E-state index in [4.69, 9.17) is 14.9 Å². The number of unbranched alkanes of at least 4 members (excludes halogenated alkanes) is 5. The van der Waals surface area contributed by atoms with Crippen LogP contribution in [0.5, 0.6) is 5.75 Å². The number of aromatic hydroxyl groups is 1. The molecule has 1 aromatic heterocycles. The number of hydrogen-bond acceptors (Lipinski definition) is 5. The molecule has 0 aliphatic rings.